The molecule has 2 rings (SSSR count). The van der Waals surface area contributed by atoms with Crippen molar-refractivity contribution in [1.29, 1.82) is 0 Å². The molecule has 0 saturated heterocycles. The van der Waals surface area contributed by atoms with Gasteiger partial charge < -0.3 is 15.0 Å². The number of nitrogens with zero attached hydrogens (tertiary/aromatic N) is 2. The fourth-order valence-corrected chi connectivity index (χ4v) is 2.13. The molecule has 2 aromatic rings. The molecule has 4 heteroatoms. The first-order valence-electron chi connectivity index (χ1n) is 6.56. The Morgan fingerprint density at radius 1 is 1.37 bits per heavy atom. The summed E-state index contributed by atoms with van der Waals surface area (Å²) < 4.78 is 7.41. The van der Waals surface area contributed by atoms with Gasteiger partial charge in [-0.2, -0.15) is 0 Å². The molecule has 102 valence electrons. The van der Waals surface area contributed by atoms with E-state index in [9.17, 15) is 0 Å². The minimum absolute atomic E-state index is 0.418. The van der Waals surface area contributed by atoms with E-state index >= 15 is 0 Å². The zero-order valence-corrected chi connectivity index (χ0v) is 11.8. The molecule has 0 aliphatic rings. The second-order valence-electron chi connectivity index (χ2n) is 4.90. The third-order valence-electron chi connectivity index (χ3n) is 3.17. The lowest BCUT2D eigenvalue weighted by Gasteiger charge is -2.12. The van der Waals surface area contributed by atoms with Crippen LogP contribution in [0, 0.1) is 0 Å². The van der Waals surface area contributed by atoms with Crippen LogP contribution in [0.4, 0.5) is 0 Å². The number of nitrogens with two attached hydrogens (primary N) is 1. The molecule has 0 amide bonds. The lowest BCUT2D eigenvalue weighted by molar-refractivity contribution is 0.407. The van der Waals surface area contributed by atoms with Gasteiger partial charge in [-0.3, -0.25) is 0 Å². The summed E-state index contributed by atoms with van der Waals surface area (Å²) in [6.45, 7) is 5.74. The van der Waals surface area contributed by atoms with Gasteiger partial charge in [-0.15, -0.1) is 0 Å². The van der Waals surface area contributed by atoms with Crippen LogP contribution in [0.15, 0.2) is 30.7 Å². The predicted octanol–water partition coefficient (Wildman–Crippen LogP) is 2.64. The second kappa shape index (κ2) is 5.89. The van der Waals surface area contributed by atoms with Gasteiger partial charge in [0.2, 0.25) is 0 Å². The minimum atomic E-state index is 0.418. The highest BCUT2D eigenvalue weighted by molar-refractivity contribution is 5.62. The van der Waals surface area contributed by atoms with Gasteiger partial charge in [0.1, 0.15) is 5.75 Å². The fourth-order valence-electron chi connectivity index (χ4n) is 2.13. The number of ether oxygens (including phenoxy) is 1. The Hall–Kier alpha value is -1.81. The van der Waals surface area contributed by atoms with E-state index in [4.69, 9.17) is 10.5 Å². The third kappa shape index (κ3) is 2.96. The number of imidazole rings is 1. The standard InChI is InChI=1S/C15H21N3O/c1-11(2)13-8-12(4-5-15(13)19-3)14-9-18(7-6-16)10-17-14/h4-5,8-11H,6-7,16H2,1-3H3. The van der Waals surface area contributed by atoms with E-state index < -0.39 is 0 Å². The van der Waals surface area contributed by atoms with Crippen LogP contribution in [0.3, 0.4) is 0 Å². The van der Waals surface area contributed by atoms with Crippen LogP contribution in [-0.2, 0) is 6.54 Å². The maximum Gasteiger partial charge on any atom is 0.122 e. The predicted molar refractivity (Wildman–Crippen MR) is 77.4 cm³/mol. The lowest BCUT2D eigenvalue weighted by Crippen LogP contribution is -2.07. The number of benzene rings is 1. The molecule has 1 heterocycles. The van der Waals surface area contributed by atoms with Crippen LogP contribution in [0.5, 0.6) is 5.75 Å². The Kier molecular flexibility index (Phi) is 4.22. The molecule has 19 heavy (non-hydrogen) atoms. The van der Waals surface area contributed by atoms with E-state index in [1.807, 2.05) is 29.2 Å². The van der Waals surface area contributed by atoms with Gasteiger partial charge in [0, 0.05) is 24.8 Å². The van der Waals surface area contributed by atoms with Gasteiger partial charge >= 0.3 is 0 Å². The maximum absolute atomic E-state index is 5.55. The quantitative estimate of drug-likeness (QED) is 0.898. The molecular weight excluding hydrogens is 238 g/mol. The highest BCUT2D eigenvalue weighted by atomic mass is 16.5. The minimum Gasteiger partial charge on any atom is -0.496 e. The topological polar surface area (TPSA) is 53.1 Å². The molecule has 4 nitrogen and oxygen atoms in total. The van der Waals surface area contributed by atoms with Crippen LogP contribution in [0.1, 0.15) is 25.3 Å². The Morgan fingerprint density at radius 2 is 2.16 bits per heavy atom. The van der Waals surface area contributed by atoms with Crippen LogP contribution in [-0.4, -0.2) is 23.2 Å². The van der Waals surface area contributed by atoms with Crippen LogP contribution < -0.4 is 10.5 Å². The summed E-state index contributed by atoms with van der Waals surface area (Å²) in [5.41, 5.74) is 8.83. The Labute approximate surface area is 114 Å². The summed E-state index contributed by atoms with van der Waals surface area (Å²) in [6.07, 6.45) is 3.85. The van der Waals surface area contributed by atoms with Crippen molar-refractivity contribution in [2.45, 2.75) is 26.3 Å². The van der Waals surface area contributed by atoms with Crippen LogP contribution >= 0.6 is 0 Å². The van der Waals surface area contributed by atoms with Crippen LogP contribution in [0.25, 0.3) is 11.3 Å². The van der Waals surface area contributed by atoms with E-state index in [0.29, 0.717) is 12.5 Å². The first-order valence-corrected chi connectivity index (χ1v) is 6.56. The van der Waals surface area contributed by atoms with Crippen molar-refractivity contribution in [3.63, 3.8) is 0 Å². The van der Waals surface area contributed by atoms with Gasteiger partial charge in [-0.05, 0) is 29.7 Å². The zero-order valence-electron chi connectivity index (χ0n) is 11.8. The van der Waals surface area contributed by atoms with E-state index in [1.165, 1.54) is 5.56 Å². The summed E-state index contributed by atoms with van der Waals surface area (Å²) in [7, 11) is 1.71. The smallest absolute Gasteiger partial charge is 0.122 e. The van der Waals surface area contributed by atoms with Crippen molar-refractivity contribution in [2.24, 2.45) is 5.73 Å². The molecule has 0 saturated carbocycles. The molecule has 0 radical (unpaired) electrons. The number of hydrogen-bond acceptors (Lipinski definition) is 3. The largest absolute Gasteiger partial charge is 0.496 e. The molecule has 0 spiro atoms. The fraction of sp³-hybridized carbons (Fsp3) is 0.400. The van der Waals surface area contributed by atoms with Gasteiger partial charge in [-0.1, -0.05) is 13.8 Å². The molecule has 0 aliphatic heterocycles. The van der Waals surface area contributed by atoms with Gasteiger partial charge in [0.25, 0.3) is 0 Å². The van der Waals surface area contributed by atoms with Crippen molar-refractivity contribution in [3.05, 3.63) is 36.3 Å². The van der Waals surface area contributed by atoms with Crippen molar-refractivity contribution in [3.8, 4) is 17.0 Å². The molecule has 1 aromatic carbocycles. The molecule has 0 bridgehead atoms. The summed E-state index contributed by atoms with van der Waals surface area (Å²) in [5.74, 6) is 1.35. The van der Waals surface area contributed by atoms with E-state index in [-0.39, 0.29) is 0 Å². The molecule has 1 aromatic heterocycles. The summed E-state index contributed by atoms with van der Waals surface area (Å²) in [6, 6.07) is 6.20. The van der Waals surface area contributed by atoms with Gasteiger partial charge in [0.05, 0.1) is 19.1 Å². The van der Waals surface area contributed by atoms with Crippen LogP contribution in [0.2, 0.25) is 0 Å². The summed E-state index contributed by atoms with van der Waals surface area (Å²) in [4.78, 5) is 4.43. The molecule has 2 N–H and O–H groups in total. The normalized spacial score (nSPS) is 11.0. The monoisotopic (exact) mass is 259 g/mol. The number of rotatable bonds is 5. The summed E-state index contributed by atoms with van der Waals surface area (Å²) in [5, 5.41) is 0. The average Bonchev–Trinajstić information content (AvgIpc) is 2.87. The molecule has 0 unspecified atom stereocenters. The number of hydrogen-bond donors (Lipinski definition) is 1. The van der Waals surface area contributed by atoms with Crippen molar-refractivity contribution in [1.82, 2.24) is 9.55 Å². The first-order chi connectivity index (χ1) is 9.15. The molecule has 0 atom stereocenters. The van der Waals surface area contributed by atoms with Crippen molar-refractivity contribution in [2.75, 3.05) is 13.7 Å². The van der Waals surface area contributed by atoms with Gasteiger partial charge in [0.15, 0.2) is 0 Å². The molecular formula is C15H21N3O. The summed E-state index contributed by atoms with van der Waals surface area (Å²) >= 11 is 0. The Balaban J connectivity index is 2.36. The van der Waals surface area contributed by atoms with E-state index in [1.54, 1.807) is 7.11 Å². The average molecular weight is 259 g/mol. The third-order valence-corrected chi connectivity index (χ3v) is 3.17. The van der Waals surface area contributed by atoms with Crippen molar-refractivity contribution >= 4 is 0 Å². The second-order valence-corrected chi connectivity index (χ2v) is 4.90. The molecule has 0 fully saturated rings. The highest BCUT2D eigenvalue weighted by Gasteiger charge is 2.10. The zero-order chi connectivity index (χ0) is 13.8. The SMILES string of the molecule is COc1ccc(-c2cn(CCN)cn2)cc1C(C)C. The van der Waals surface area contributed by atoms with E-state index in [2.05, 4.69) is 24.9 Å². The Bertz CT molecular complexity index is 546. The Morgan fingerprint density at radius 3 is 2.79 bits per heavy atom. The highest BCUT2D eigenvalue weighted by Crippen LogP contribution is 2.30. The lowest BCUT2D eigenvalue weighted by atomic mass is 9.98. The van der Waals surface area contributed by atoms with E-state index in [0.717, 1.165) is 23.6 Å². The molecule has 0 aliphatic carbocycles. The number of methoxy groups -OCH3 is 1. The van der Waals surface area contributed by atoms with Gasteiger partial charge in [-0.25, -0.2) is 4.98 Å². The van der Waals surface area contributed by atoms with Crippen molar-refractivity contribution < 1.29 is 4.74 Å². The maximum atomic E-state index is 5.55. The number of aromatic nitrogens is 2. The first kappa shape index (κ1) is 13.6.